The summed E-state index contributed by atoms with van der Waals surface area (Å²) in [5.41, 5.74) is 3.98. The van der Waals surface area contributed by atoms with Gasteiger partial charge in [0.2, 0.25) is 0 Å². The van der Waals surface area contributed by atoms with Gasteiger partial charge in [0.05, 0.1) is 25.3 Å². The number of halogens is 1. The van der Waals surface area contributed by atoms with E-state index in [9.17, 15) is 9.90 Å². The molecule has 31 heavy (non-hydrogen) atoms. The van der Waals surface area contributed by atoms with Gasteiger partial charge in [0.15, 0.2) is 11.5 Å². The summed E-state index contributed by atoms with van der Waals surface area (Å²) >= 11 is 0. The lowest BCUT2D eigenvalue weighted by atomic mass is 10.0. The topological polar surface area (TPSA) is 84.4 Å². The number of aromatic nitrogens is 2. The van der Waals surface area contributed by atoms with Crippen molar-refractivity contribution in [1.82, 2.24) is 9.97 Å². The largest absolute Gasteiger partial charge is 0.507 e. The number of rotatable bonds is 5. The van der Waals surface area contributed by atoms with E-state index in [2.05, 4.69) is 9.97 Å². The number of benzene rings is 2. The third-order valence-corrected chi connectivity index (χ3v) is 5.05. The third-order valence-electron chi connectivity index (χ3n) is 5.05. The van der Waals surface area contributed by atoms with Crippen LogP contribution in [0.1, 0.15) is 16.8 Å². The van der Waals surface area contributed by atoms with Crippen LogP contribution in [0.5, 0.6) is 17.2 Å². The summed E-state index contributed by atoms with van der Waals surface area (Å²) < 4.78 is 10.6. The smallest absolute Gasteiger partial charge is 0.256 e. The van der Waals surface area contributed by atoms with E-state index in [-0.39, 0.29) is 23.7 Å². The molecule has 0 saturated heterocycles. The molecule has 2 aromatic heterocycles. The van der Waals surface area contributed by atoms with Crippen molar-refractivity contribution < 1.29 is 14.6 Å². The Morgan fingerprint density at radius 2 is 1.74 bits per heavy atom. The van der Waals surface area contributed by atoms with Gasteiger partial charge in [0.1, 0.15) is 5.75 Å². The summed E-state index contributed by atoms with van der Waals surface area (Å²) in [5, 5.41) is 11.4. The van der Waals surface area contributed by atoms with Gasteiger partial charge in [-0.15, -0.1) is 12.4 Å². The lowest BCUT2D eigenvalue weighted by Gasteiger charge is -2.10. The molecule has 0 unspecified atom stereocenters. The fraction of sp³-hybridized carbons (Fsp3) is 0.167. The van der Waals surface area contributed by atoms with E-state index >= 15 is 0 Å². The molecule has 0 aliphatic carbocycles. The molecule has 0 fully saturated rings. The Balaban J connectivity index is 0.00000272. The van der Waals surface area contributed by atoms with Crippen LogP contribution in [-0.4, -0.2) is 29.3 Å². The Morgan fingerprint density at radius 1 is 1.00 bits per heavy atom. The van der Waals surface area contributed by atoms with Crippen LogP contribution in [0.15, 0.2) is 59.5 Å². The summed E-state index contributed by atoms with van der Waals surface area (Å²) in [6, 6.07) is 14.7. The number of H-pyrrole nitrogens is 1. The maximum absolute atomic E-state index is 12.6. The Kier molecular flexibility index (Phi) is 6.51. The van der Waals surface area contributed by atoms with Gasteiger partial charge in [0.25, 0.3) is 5.56 Å². The van der Waals surface area contributed by atoms with Crippen molar-refractivity contribution >= 4 is 23.2 Å². The predicted molar refractivity (Wildman–Crippen MR) is 124 cm³/mol. The molecule has 0 spiro atoms. The van der Waals surface area contributed by atoms with E-state index in [0.29, 0.717) is 34.6 Å². The number of methoxy groups -OCH3 is 2. The van der Waals surface area contributed by atoms with Crippen LogP contribution in [0.3, 0.4) is 0 Å². The SMILES string of the molecule is COc1cc2cc(Cc3ccc(-c4cc(C)ccc4O)nc3)[nH]c(=O)c2cc1OC.Cl. The van der Waals surface area contributed by atoms with Crippen molar-refractivity contribution in [3.05, 3.63) is 81.9 Å². The molecular formula is C24H23ClN2O4. The molecule has 0 bridgehead atoms. The molecule has 0 saturated carbocycles. The van der Waals surface area contributed by atoms with E-state index in [1.54, 1.807) is 38.6 Å². The van der Waals surface area contributed by atoms with Crippen LogP contribution < -0.4 is 15.0 Å². The van der Waals surface area contributed by atoms with Crippen LogP contribution in [0.25, 0.3) is 22.0 Å². The van der Waals surface area contributed by atoms with Gasteiger partial charge in [-0.05, 0) is 54.3 Å². The molecule has 160 valence electrons. The second-order valence-electron chi connectivity index (χ2n) is 7.17. The Labute approximate surface area is 185 Å². The minimum absolute atomic E-state index is 0. The first-order chi connectivity index (χ1) is 14.5. The number of phenolic OH excluding ortho intramolecular Hbond substituents is 1. The van der Waals surface area contributed by atoms with Crippen LogP contribution >= 0.6 is 12.4 Å². The first-order valence-electron chi connectivity index (χ1n) is 9.51. The summed E-state index contributed by atoms with van der Waals surface area (Å²) in [6.07, 6.45) is 2.28. The van der Waals surface area contributed by atoms with Gasteiger partial charge in [0, 0.05) is 23.9 Å². The quantitative estimate of drug-likeness (QED) is 0.474. The average Bonchev–Trinajstić information content (AvgIpc) is 2.75. The molecule has 6 nitrogen and oxygen atoms in total. The Hall–Kier alpha value is -3.51. The minimum Gasteiger partial charge on any atom is -0.507 e. The molecule has 0 atom stereocenters. The number of aryl methyl sites for hydroxylation is 1. The number of pyridine rings is 2. The molecule has 7 heteroatoms. The predicted octanol–water partition coefficient (Wildman–Crippen LogP) is 4.63. The van der Waals surface area contributed by atoms with Crippen LogP contribution in [0.2, 0.25) is 0 Å². The molecule has 2 aromatic carbocycles. The lowest BCUT2D eigenvalue weighted by Crippen LogP contribution is -2.10. The van der Waals surface area contributed by atoms with Crippen LogP contribution in [0, 0.1) is 6.92 Å². The number of ether oxygens (including phenoxy) is 2. The number of nitrogens with zero attached hydrogens (tertiary/aromatic N) is 1. The number of phenols is 1. The highest BCUT2D eigenvalue weighted by Gasteiger charge is 2.11. The highest BCUT2D eigenvalue weighted by molar-refractivity contribution is 5.86. The number of hydrogen-bond acceptors (Lipinski definition) is 5. The summed E-state index contributed by atoms with van der Waals surface area (Å²) in [6.45, 7) is 1.97. The Bertz CT molecular complexity index is 1280. The maximum Gasteiger partial charge on any atom is 0.256 e. The fourth-order valence-corrected chi connectivity index (χ4v) is 3.51. The number of aromatic hydroxyl groups is 1. The first-order valence-corrected chi connectivity index (χ1v) is 9.51. The number of aromatic amines is 1. The molecular weight excluding hydrogens is 416 g/mol. The second-order valence-corrected chi connectivity index (χ2v) is 7.17. The van der Waals surface area contributed by atoms with Crippen molar-refractivity contribution in [2.24, 2.45) is 0 Å². The highest BCUT2D eigenvalue weighted by atomic mass is 35.5. The van der Waals surface area contributed by atoms with E-state index in [4.69, 9.17) is 9.47 Å². The zero-order valence-corrected chi connectivity index (χ0v) is 18.2. The number of fused-ring (bicyclic) bond motifs is 1. The zero-order valence-electron chi connectivity index (χ0n) is 17.4. The van der Waals surface area contributed by atoms with Gasteiger partial charge >= 0.3 is 0 Å². The second kappa shape index (κ2) is 9.10. The van der Waals surface area contributed by atoms with Gasteiger partial charge in [-0.3, -0.25) is 9.78 Å². The Morgan fingerprint density at radius 3 is 2.42 bits per heavy atom. The molecule has 0 aliphatic heterocycles. The van der Waals surface area contributed by atoms with Gasteiger partial charge < -0.3 is 19.6 Å². The van der Waals surface area contributed by atoms with Crippen molar-refractivity contribution in [1.29, 1.82) is 0 Å². The van der Waals surface area contributed by atoms with Crippen molar-refractivity contribution in [3.63, 3.8) is 0 Å². The first kappa shape index (κ1) is 22.2. The standard InChI is InChI=1S/C24H22N2O4.ClH/c1-14-4-7-21(27)19(8-14)20-6-5-15(13-25-20)9-17-10-16-11-22(29-2)23(30-3)12-18(16)24(28)26-17;/h4-8,10-13,27H,9H2,1-3H3,(H,26,28);1H. The van der Waals surface area contributed by atoms with Gasteiger partial charge in [-0.1, -0.05) is 17.7 Å². The monoisotopic (exact) mass is 438 g/mol. The molecule has 0 aliphatic rings. The van der Waals surface area contributed by atoms with E-state index in [1.165, 1.54) is 0 Å². The van der Waals surface area contributed by atoms with Crippen molar-refractivity contribution in [2.45, 2.75) is 13.3 Å². The molecule has 0 amide bonds. The molecule has 2 N–H and O–H groups in total. The molecule has 2 heterocycles. The number of nitrogens with one attached hydrogen (secondary N) is 1. The van der Waals surface area contributed by atoms with Crippen molar-refractivity contribution in [2.75, 3.05) is 14.2 Å². The summed E-state index contributed by atoms with van der Waals surface area (Å²) in [7, 11) is 3.11. The summed E-state index contributed by atoms with van der Waals surface area (Å²) in [5.74, 6) is 1.29. The van der Waals surface area contributed by atoms with E-state index < -0.39 is 0 Å². The third kappa shape index (κ3) is 4.49. The highest BCUT2D eigenvalue weighted by Crippen LogP contribution is 2.31. The molecule has 4 rings (SSSR count). The fourth-order valence-electron chi connectivity index (χ4n) is 3.51. The average molecular weight is 439 g/mol. The van der Waals surface area contributed by atoms with Crippen LogP contribution in [0.4, 0.5) is 0 Å². The lowest BCUT2D eigenvalue weighted by molar-refractivity contribution is 0.356. The maximum atomic E-state index is 12.6. The van der Waals surface area contributed by atoms with Crippen molar-refractivity contribution in [3.8, 4) is 28.5 Å². The van der Waals surface area contributed by atoms with E-state index in [1.807, 2.05) is 37.3 Å². The van der Waals surface area contributed by atoms with E-state index in [0.717, 1.165) is 22.2 Å². The number of hydrogen-bond donors (Lipinski definition) is 2. The minimum atomic E-state index is -0.183. The van der Waals surface area contributed by atoms with Crippen LogP contribution in [-0.2, 0) is 6.42 Å². The van der Waals surface area contributed by atoms with Gasteiger partial charge in [-0.25, -0.2) is 0 Å². The normalized spacial score (nSPS) is 10.5. The van der Waals surface area contributed by atoms with Gasteiger partial charge in [-0.2, -0.15) is 0 Å². The molecule has 4 aromatic rings. The zero-order chi connectivity index (χ0) is 21.3. The summed E-state index contributed by atoms with van der Waals surface area (Å²) in [4.78, 5) is 20.0. The molecule has 0 radical (unpaired) electrons.